The number of carbonyl (C=O) groups is 1. The van der Waals surface area contributed by atoms with E-state index in [1.807, 2.05) is 0 Å². The van der Waals surface area contributed by atoms with E-state index >= 15 is 0 Å². The largest absolute Gasteiger partial charge is 0.573 e. The lowest BCUT2D eigenvalue weighted by Crippen LogP contribution is -2.17. The SMILES string of the molecule is O=Cc1ccc(OC(F)(F)F)c2[nH]cnc12. The molecule has 0 saturated heterocycles. The molecule has 84 valence electrons. The standard InChI is InChI=1S/C9H5F3N2O2/c10-9(11,12)16-6-2-1-5(3-15)7-8(6)14-4-13-7/h1-4H,(H,13,14). The van der Waals surface area contributed by atoms with Crippen LogP contribution in [0.4, 0.5) is 13.2 Å². The third-order valence-electron chi connectivity index (χ3n) is 1.93. The number of ether oxygens (including phenoxy) is 1. The van der Waals surface area contributed by atoms with Crippen LogP contribution in [0.1, 0.15) is 10.4 Å². The van der Waals surface area contributed by atoms with Crippen molar-refractivity contribution in [2.75, 3.05) is 0 Å². The average molecular weight is 230 g/mol. The van der Waals surface area contributed by atoms with E-state index in [0.717, 1.165) is 6.07 Å². The number of rotatable bonds is 2. The number of nitrogens with zero attached hydrogens (tertiary/aromatic N) is 1. The second kappa shape index (κ2) is 3.51. The number of aldehydes is 1. The van der Waals surface area contributed by atoms with Crippen LogP contribution in [0, 0.1) is 0 Å². The van der Waals surface area contributed by atoms with Crippen LogP contribution in [0.25, 0.3) is 11.0 Å². The van der Waals surface area contributed by atoms with E-state index in [9.17, 15) is 18.0 Å². The minimum Gasteiger partial charge on any atom is -0.403 e. The molecule has 16 heavy (non-hydrogen) atoms. The van der Waals surface area contributed by atoms with Gasteiger partial charge >= 0.3 is 6.36 Å². The Labute approximate surface area is 87.0 Å². The predicted octanol–water partition coefficient (Wildman–Crippen LogP) is 2.27. The van der Waals surface area contributed by atoms with Gasteiger partial charge < -0.3 is 9.72 Å². The van der Waals surface area contributed by atoms with Gasteiger partial charge in [-0.1, -0.05) is 0 Å². The highest BCUT2D eigenvalue weighted by molar-refractivity contribution is 5.96. The third kappa shape index (κ3) is 1.83. The summed E-state index contributed by atoms with van der Waals surface area (Å²) in [6, 6.07) is 2.29. The van der Waals surface area contributed by atoms with E-state index in [1.54, 1.807) is 0 Å². The number of carbonyl (C=O) groups excluding carboxylic acids is 1. The quantitative estimate of drug-likeness (QED) is 0.805. The summed E-state index contributed by atoms with van der Waals surface area (Å²) in [4.78, 5) is 16.8. The molecule has 0 spiro atoms. The van der Waals surface area contributed by atoms with Crippen LogP contribution in [0.2, 0.25) is 0 Å². The van der Waals surface area contributed by atoms with Gasteiger partial charge in [-0.3, -0.25) is 4.79 Å². The normalized spacial score (nSPS) is 11.7. The van der Waals surface area contributed by atoms with Crippen molar-refractivity contribution in [1.29, 1.82) is 0 Å². The lowest BCUT2D eigenvalue weighted by Gasteiger charge is -2.09. The Morgan fingerprint density at radius 1 is 1.38 bits per heavy atom. The van der Waals surface area contributed by atoms with E-state index in [0.29, 0.717) is 6.29 Å². The highest BCUT2D eigenvalue weighted by atomic mass is 19.4. The number of hydrogen-bond donors (Lipinski definition) is 1. The number of H-pyrrole nitrogens is 1. The molecule has 0 saturated carbocycles. The summed E-state index contributed by atoms with van der Waals surface area (Å²) in [6.07, 6.45) is -3.07. The Hall–Kier alpha value is -2.05. The Bertz CT molecular complexity index is 533. The summed E-state index contributed by atoms with van der Waals surface area (Å²) in [7, 11) is 0. The number of alkyl halides is 3. The van der Waals surface area contributed by atoms with Crippen LogP contribution >= 0.6 is 0 Å². The fourth-order valence-corrected chi connectivity index (χ4v) is 1.33. The fourth-order valence-electron chi connectivity index (χ4n) is 1.33. The average Bonchev–Trinajstić information content (AvgIpc) is 2.65. The first-order chi connectivity index (χ1) is 7.51. The fraction of sp³-hybridized carbons (Fsp3) is 0.111. The molecule has 0 bridgehead atoms. The summed E-state index contributed by atoms with van der Waals surface area (Å²) in [6.45, 7) is 0. The van der Waals surface area contributed by atoms with Gasteiger partial charge in [-0.15, -0.1) is 13.2 Å². The first kappa shape index (κ1) is 10.5. The Morgan fingerprint density at radius 3 is 2.75 bits per heavy atom. The molecular formula is C9H5F3N2O2. The summed E-state index contributed by atoms with van der Waals surface area (Å²) in [5.74, 6) is -0.411. The van der Waals surface area contributed by atoms with Crippen LogP contribution < -0.4 is 4.74 Å². The zero-order valence-corrected chi connectivity index (χ0v) is 7.71. The molecule has 4 nitrogen and oxygen atoms in total. The number of halogens is 3. The number of aromatic nitrogens is 2. The van der Waals surface area contributed by atoms with Crippen molar-refractivity contribution >= 4 is 17.3 Å². The molecule has 0 aliphatic carbocycles. The predicted molar refractivity (Wildman–Crippen MR) is 48.2 cm³/mol. The maximum Gasteiger partial charge on any atom is 0.573 e. The zero-order valence-electron chi connectivity index (χ0n) is 7.71. The van der Waals surface area contributed by atoms with Crippen molar-refractivity contribution in [3.63, 3.8) is 0 Å². The molecule has 1 aromatic heterocycles. The maximum absolute atomic E-state index is 12.0. The van der Waals surface area contributed by atoms with Gasteiger partial charge in [-0.2, -0.15) is 0 Å². The van der Waals surface area contributed by atoms with Crippen LogP contribution in [-0.4, -0.2) is 22.6 Å². The van der Waals surface area contributed by atoms with Crippen molar-refractivity contribution in [3.8, 4) is 5.75 Å². The van der Waals surface area contributed by atoms with Crippen molar-refractivity contribution < 1.29 is 22.7 Å². The van der Waals surface area contributed by atoms with E-state index < -0.39 is 12.1 Å². The number of fused-ring (bicyclic) bond motifs is 1. The number of aromatic amines is 1. The minimum atomic E-state index is -4.78. The van der Waals surface area contributed by atoms with Crippen molar-refractivity contribution in [1.82, 2.24) is 9.97 Å². The molecule has 0 radical (unpaired) electrons. The van der Waals surface area contributed by atoms with Gasteiger partial charge in [0.15, 0.2) is 12.0 Å². The topological polar surface area (TPSA) is 55.0 Å². The van der Waals surface area contributed by atoms with Gasteiger partial charge in [0.2, 0.25) is 0 Å². The van der Waals surface area contributed by atoms with Crippen LogP contribution in [0.5, 0.6) is 5.75 Å². The van der Waals surface area contributed by atoms with Gasteiger partial charge in [0.25, 0.3) is 0 Å². The number of benzene rings is 1. The Kier molecular flexibility index (Phi) is 2.30. The molecule has 0 atom stereocenters. The van der Waals surface area contributed by atoms with Crippen molar-refractivity contribution in [2.24, 2.45) is 0 Å². The molecule has 7 heteroatoms. The van der Waals surface area contributed by atoms with Crippen molar-refractivity contribution in [2.45, 2.75) is 6.36 Å². The second-order valence-corrected chi connectivity index (χ2v) is 2.94. The molecule has 0 aliphatic heterocycles. The lowest BCUT2D eigenvalue weighted by atomic mass is 10.2. The number of imidazole rings is 1. The van der Waals surface area contributed by atoms with E-state index in [-0.39, 0.29) is 16.6 Å². The third-order valence-corrected chi connectivity index (χ3v) is 1.93. The molecule has 2 rings (SSSR count). The van der Waals surface area contributed by atoms with Crippen LogP contribution in [-0.2, 0) is 0 Å². The van der Waals surface area contributed by atoms with Crippen LogP contribution in [0.15, 0.2) is 18.5 Å². The monoisotopic (exact) mass is 230 g/mol. The van der Waals surface area contributed by atoms with Gasteiger partial charge in [0.1, 0.15) is 11.0 Å². The Morgan fingerprint density at radius 2 is 2.12 bits per heavy atom. The highest BCUT2D eigenvalue weighted by Gasteiger charge is 2.32. The summed E-state index contributed by atoms with van der Waals surface area (Å²) < 4.78 is 39.9. The smallest absolute Gasteiger partial charge is 0.403 e. The molecule has 0 fully saturated rings. The number of nitrogens with one attached hydrogen (secondary N) is 1. The molecule has 1 aromatic carbocycles. The first-order valence-corrected chi connectivity index (χ1v) is 4.18. The highest BCUT2D eigenvalue weighted by Crippen LogP contribution is 2.29. The molecule has 0 aliphatic rings. The molecule has 1 N–H and O–H groups in total. The zero-order chi connectivity index (χ0) is 11.8. The summed E-state index contributed by atoms with van der Waals surface area (Å²) in [5, 5.41) is 0. The second-order valence-electron chi connectivity index (χ2n) is 2.94. The van der Waals surface area contributed by atoms with Gasteiger partial charge in [-0.05, 0) is 12.1 Å². The summed E-state index contributed by atoms with van der Waals surface area (Å²) >= 11 is 0. The Balaban J connectivity index is 2.56. The van der Waals surface area contributed by atoms with E-state index in [4.69, 9.17) is 0 Å². The molecular weight excluding hydrogens is 225 g/mol. The maximum atomic E-state index is 12.0. The summed E-state index contributed by atoms with van der Waals surface area (Å²) in [5.41, 5.74) is 0.393. The molecule has 2 aromatic rings. The lowest BCUT2D eigenvalue weighted by molar-refractivity contribution is -0.274. The van der Waals surface area contributed by atoms with Gasteiger partial charge in [-0.25, -0.2) is 4.98 Å². The van der Waals surface area contributed by atoms with Gasteiger partial charge in [0, 0.05) is 5.56 Å². The van der Waals surface area contributed by atoms with E-state index in [1.165, 1.54) is 12.4 Å². The van der Waals surface area contributed by atoms with Crippen LogP contribution in [0.3, 0.4) is 0 Å². The number of hydrogen-bond acceptors (Lipinski definition) is 3. The molecule has 1 heterocycles. The van der Waals surface area contributed by atoms with Crippen molar-refractivity contribution in [3.05, 3.63) is 24.0 Å². The first-order valence-electron chi connectivity index (χ1n) is 4.18. The minimum absolute atomic E-state index is 0.0434. The molecule has 0 amide bonds. The van der Waals surface area contributed by atoms with Gasteiger partial charge in [0.05, 0.1) is 6.33 Å². The molecule has 0 unspecified atom stereocenters. The van der Waals surface area contributed by atoms with E-state index in [2.05, 4.69) is 14.7 Å².